The van der Waals surface area contributed by atoms with Crippen molar-refractivity contribution in [2.45, 2.75) is 19.4 Å². The van der Waals surface area contributed by atoms with Crippen LogP contribution >= 0.6 is 0 Å². The number of ether oxygens (including phenoxy) is 1. The molecule has 5 heteroatoms. The number of carboxylic acid groups (broad SMARTS) is 1. The molecule has 16 heavy (non-hydrogen) atoms. The Labute approximate surface area is 91.7 Å². The Bertz CT molecular complexity index is 403. The van der Waals surface area contributed by atoms with Crippen molar-refractivity contribution in [2.75, 3.05) is 0 Å². The number of hydrogen-bond acceptors (Lipinski definition) is 4. The van der Waals surface area contributed by atoms with Gasteiger partial charge in [-0.3, -0.25) is 4.79 Å². The van der Waals surface area contributed by atoms with Gasteiger partial charge in [-0.1, -0.05) is 12.1 Å². The van der Waals surface area contributed by atoms with Crippen LogP contribution in [0.5, 0.6) is 0 Å². The SMILES string of the molecule is CC(=O)OC(Cc1cccc(F)c1)C(=O)[O-]. The number of hydrogen-bond donors (Lipinski definition) is 0. The highest BCUT2D eigenvalue weighted by Gasteiger charge is 2.14. The lowest BCUT2D eigenvalue weighted by Crippen LogP contribution is -2.40. The predicted molar refractivity (Wildman–Crippen MR) is 50.7 cm³/mol. The molecule has 0 saturated carbocycles. The first-order valence-electron chi connectivity index (χ1n) is 4.61. The molecule has 0 spiro atoms. The van der Waals surface area contributed by atoms with E-state index in [9.17, 15) is 19.1 Å². The molecule has 0 aromatic heterocycles. The predicted octanol–water partition coefficient (Wildman–Crippen LogP) is 0.0498. The molecule has 0 aliphatic carbocycles. The highest BCUT2D eigenvalue weighted by Crippen LogP contribution is 2.08. The summed E-state index contributed by atoms with van der Waals surface area (Å²) in [5, 5.41) is 10.6. The van der Waals surface area contributed by atoms with Crippen LogP contribution in [0.3, 0.4) is 0 Å². The largest absolute Gasteiger partial charge is 0.546 e. The summed E-state index contributed by atoms with van der Waals surface area (Å²) in [5.74, 6) is -2.69. The van der Waals surface area contributed by atoms with Gasteiger partial charge in [-0.2, -0.15) is 0 Å². The number of halogens is 1. The van der Waals surface area contributed by atoms with Crippen LogP contribution in [0, 0.1) is 5.82 Å². The average molecular weight is 225 g/mol. The van der Waals surface area contributed by atoms with Crippen LogP contribution in [0.25, 0.3) is 0 Å². The maximum Gasteiger partial charge on any atom is 0.303 e. The molecule has 0 aliphatic heterocycles. The van der Waals surface area contributed by atoms with Gasteiger partial charge >= 0.3 is 5.97 Å². The minimum Gasteiger partial charge on any atom is -0.546 e. The molecular weight excluding hydrogens is 215 g/mol. The van der Waals surface area contributed by atoms with E-state index in [0.29, 0.717) is 5.56 Å². The lowest BCUT2D eigenvalue weighted by molar-refractivity contribution is -0.315. The van der Waals surface area contributed by atoms with Crippen molar-refractivity contribution in [3.63, 3.8) is 0 Å². The molecule has 1 unspecified atom stereocenters. The van der Waals surface area contributed by atoms with Crippen LogP contribution in [-0.2, 0) is 20.7 Å². The third kappa shape index (κ3) is 3.68. The second kappa shape index (κ2) is 5.25. The van der Waals surface area contributed by atoms with Crippen molar-refractivity contribution in [2.24, 2.45) is 0 Å². The maximum absolute atomic E-state index is 12.8. The summed E-state index contributed by atoms with van der Waals surface area (Å²) in [4.78, 5) is 21.3. The van der Waals surface area contributed by atoms with Gasteiger partial charge in [0.1, 0.15) is 11.9 Å². The van der Waals surface area contributed by atoms with E-state index >= 15 is 0 Å². The van der Waals surface area contributed by atoms with E-state index in [0.717, 1.165) is 6.92 Å². The molecule has 86 valence electrons. The van der Waals surface area contributed by atoms with Crippen molar-refractivity contribution in [3.8, 4) is 0 Å². The average Bonchev–Trinajstić information content (AvgIpc) is 2.15. The zero-order chi connectivity index (χ0) is 12.1. The molecule has 0 bridgehead atoms. The molecule has 0 aliphatic rings. The van der Waals surface area contributed by atoms with E-state index in [1.807, 2.05) is 0 Å². The van der Waals surface area contributed by atoms with Crippen molar-refractivity contribution in [3.05, 3.63) is 35.6 Å². The summed E-state index contributed by atoms with van der Waals surface area (Å²) >= 11 is 0. The van der Waals surface area contributed by atoms with Gasteiger partial charge in [-0.25, -0.2) is 4.39 Å². The van der Waals surface area contributed by atoms with Crippen LogP contribution in [-0.4, -0.2) is 18.0 Å². The molecule has 0 heterocycles. The van der Waals surface area contributed by atoms with Gasteiger partial charge in [0, 0.05) is 13.3 Å². The van der Waals surface area contributed by atoms with Crippen LogP contribution in [0.1, 0.15) is 12.5 Å². The van der Waals surface area contributed by atoms with Crippen molar-refractivity contribution in [1.82, 2.24) is 0 Å². The summed E-state index contributed by atoms with van der Waals surface area (Å²) < 4.78 is 17.3. The number of carboxylic acids is 1. The van der Waals surface area contributed by atoms with E-state index in [4.69, 9.17) is 0 Å². The molecule has 4 nitrogen and oxygen atoms in total. The van der Waals surface area contributed by atoms with Gasteiger partial charge in [0.25, 0.3) is 0 Å². The molecule has 1 atom stereocenters. The number of rotatable bonds is 4. The lowest BCUT2D eigenvalue weighted by Gasteiger charge is -2.17. The second-order valence-corrected chi connectivity index (χ2v) is 3.25. The molecule has 0 fully saturated rings. The first kappa shape index (κ1) is 12.2. The monoisotopic (exact) mass is 225 g/mol. The number of carbonyl (C=O) groups excluding carboxylic acids is 2. The van der Waals surface area contributed by atoms with E-state index in [1.165, 1.54) is 18.2 Å². The Hall–Kier alpha value is -1.91. The lowest BCUT2D eigenvalue weighted by atomic mass is 10.1. The maximum atomic E-state index is 12.8. The zero-order valence-electron chi connectivity index (χ0n) is 8.60. The highest BCUT2D eigenvalue weighted by molar-refractivity contribution is 5.75. The van der Waals surface area contributed by atoms with Gasteiger partial charge < -0.3 is 14.6 Å². The Kier molecular flexibility index (Phi) is 3.99. The fourth-order valence-electron chi connectivity index (χ4n) is 1.25. The Morgan fingerprint density at radius 1 is 1.50 bits per heavy atom. The minimum absolute atomic E-state index is 0.111. The van der Waals surface area contributed by atoms with E-state index in [-0.39, 0.29) is 6.42 Å². The van der Waals surface area contributed by atoms with Crippen molar-refractivity contribution in [1.29, 1.82) is 0 Å². The third-order valence-electron chi connectivity index (χ3n) is 1.88. The molecule has 1 rings (SSSR count). The fraction of sp³-hybridized carbons (Fsp3) is 0.273. The molecule has 0 N–H and O–H groups in total. The molecular formula is C11H10FO4-. The Morgan fingerprint density at radius 3 is 2.69 bits per heavy atom. The van der Waals surface area contributed by atoms with Gasteiger partial charge in [0.2, 0.25) is 0 Å². The fourth-order valence-corrected chi connectivity index (χ4v) is 1.25. The Balaban J connectivity index is 2.75. The van der Waals surface area contributed by atoms with Crippen LogP contribution in [0.2, 0.25) is 0 Å². The molecule has 0 saturated heterocycles. The number of benzene rings is 1. The summed E-state index contributed by atoms with van der Waals surface area (Å²) in [6, 6.07) is 5.41. The van der Waals surface area contributed by atoms with Gasteiger partial charge in [-0.15, -0.1) is 0 Å². The van der Waals surface area contributed by atoms with Crippen molar-refractivity contribution >= 4 is 11.9 Å². The van der Waals surface area contributed by atoms with Gasteiger partial charge in [0.05, 0.1) is 5.97 Å². The first-order valence-corrected chi connectivity index (χ1v) is 4.61. The van der Waals surface area contributed by atoms with Crippen LogP contribution < -0.4 is 5.11 Å². The second-order valence-electron chi connectivity index (χ2n) is 3.25. The Morgan fingerprint density at radius 2 is 2.19 bits per heavy atom. The first-order chi connectivity index (χ1) is 7.49. The smallest absolute Gasteiger partial charge is 0.303 e. The summed E-state index contributed by atoms with van der Waals surface area (Å²) in [7, 11) is 0. The van der Waals surface area contributed by atoms with Gasteiger partial charge in [-0.05, 0) is 17.7 Å². The molecule has 1 aromatic carbocycles. The number of aliphatic carboxylic acids is 1. The quantitative estimate of drug-likeness (QED) is 0.679. The standard InChI is InChI=1S/C11H11FO4/c1-7(13)16-10(11(14)15)6-8-3-2-4-9(12)5-8/h2-5,10H,6H2,1H3,(H,14,15)/p-1. The summed E-state index contributed by atoms with van der Waals surface area (Å²) in [6.07, 6.45) is -1.50. The number of esters is 1. The van der Waals surface area contributed by atoms with Crippen LogP contribution in [0.15, 0.2) is 24.3 Å². The van der Waals surface area contributed by atoms with E-state index in [1.54, 1.807) is 6.07 Å². The minimum atomic E-state index is -1.50. The number of carbonyl (C=O) groups is 2. The molecule has 0 radical (unpaired) electrons. The third-order valence-corrected chi connectivity index (χ3v) is 1.88. The molecule has 1 aromatic rings. The van der Waals surface area contributed by atoms with Crippen molar-refractivity contribution < 1.29 is 23.8 Å². The topological polar surface area (TPSA) is 66.4 Å². The summed E-state index contributed by atoms with van der Waals surface area (Å²) in [6.45, 7) is 1.10. The zero-order valence-corrected chi connectivity index (χ0v) is 8.60. The summed E-state index contributed by atoms with van der Waals surface area (Å²) in [5.41, 5.74) is 0.426. The van der Waals surface area contributed by atoms with Gasteiger partial charge in [0.15, 0.2) is 0 Å². The molecule has 0 amide bonds. The van der Waals surface area contributed by atoms with Crippen LogP contribution in [0.4, 0.5) is 4.39 Å². The highest BCUT2D eigenvalue weighted by atomic mass is 19.1. The normalized spacial score (nSPS) is 11.9. The van der Waals surface area contributed by atoms with E-state index in [2.05, 4.69) is 4.74 Å². The van der Waals surface area contributed by atoms with E-state index < -0.39 is 23.9 Å².